The molecule has 0 spiro atoms. The van der Waals surface area contributed by atoms with Gasteiger partial charge in [-0.2, -0.15) is 0 Å². The van der Waals surface area contributed by atoms with Crippen molar-refractivity contribution in [3.8, 4) is 0 Å². The standard InChI is InChI=1S/C6H7NO4/c1-4-5(2-7-3-8)11-6(9)10-4/h3H,2H2,1H3,(H,7,8). The second kappa shape index (κ2) is 3.05. The van der Waals surface area contributed by atoms with Crippen LogP contribution in [0.3, 0.4) is 0 Å². The number of rotatable bonds is 3. The first kappa shape index (κ1) is 7.59. The van der Waals surface area contributed by atoms with E-state index in [0.717, 1.165) is 0 Å². The third-order valence-corrected chi connectivity index (χ3v) is 1.18. The lowest BCUT2D eigenvalue weighted by molar-refractivity contribution is -0.109. The molecule has 5 heteroatoms. The van der Waals surface area contributed by atoms with Gasteiger partial charge in [0.25, 0.3) is 0 Å². The molecule has 0 saturated heterocycles. The lowest BCUT2D eigenvalue weighted by Crippen LogP contribution is -2.09. The monoisotopic (exact) mass is 157 g/mol. The van der Waals surface area contributed by atoms with Gasteiger partial charge in [0.15, 0.2) is 5.76 Å². The Hall–Kier alpha value is -1.52. The molecular formula is C6H7NO4. The van der Waals surface area contributed by atoms with Crippen LogP contribution < -0.4 is 11.1 Å². The first-order valence-electron chi connectivity index (χ1n) is 3.00. The molecule has 0 atom stereocenters. The molecule has 1 amide bonds. The SMILES string of the molecule is Cc1oc(=O)oc1CNC=O. The minimum atomic E-state index is -0.745. The van der Waals surface area contributed by atoms with Crippen molar-refractivity contribution in [1.29, 1.82) is 0 Å². The minimum Gasteiger partial charge on any atom is -0.396 e. The Labute approximate surface area is 62.0 Å². The summed E-state index contributed by atoms with van der Waals surface area (Å²) in [7, 11) is 0. The number of hydrogen-bond donors (Lipinski definition) is 1. The Bertz CT molecular complexity index is 298. The molecule has 1 N–H and O–H groups in total. The van der Waals surface area contributed by atoms with Gasteiger partial charge in [-0.3, -0.25) is 4.79 Å². The predicted molar refractivity (Wildman–Crippen MR) is 34.9 cm³/mol. The summed E-state index contributed by atoms with van der Waals surface area (Å²) in [6.07, 6.45) is 0.520. The van der Waals surface area contributed by atoms with E-state index in [1.807, 2.05) is 0 Å². The van der Waals surface area contributed by atoms with E-state index in [-0.39, 0.29) is 6.54 Å². The molecule has 5 nitrogen and oxygen atoms in total. The molecule has 1 aromatic rings. The molecule has 1 rings (SSSR count). The van der Waals surface area contributed by atoms with Crippen LogP contribution >= 0.6 is 0 Å². The molecule has 1 heterocycles. The van der Waals surface area contributed by atoms with Gasteiger partial charge in [0.1, 0.15) is 5.76 Å². The van der Waals surface area contributed by atoms with Crippen LogP contribution in [-0.2, 0) is 11.3 Å². The van der Waals surface area contributed by atoms with Gasteiger partial charge < -0.3 is 14.2 Å². The molecular weight excluding hydrogens is 150 g/mol. The van der Waals surface area contributed by atoms with Gasteiger partial charge in [-0.25, -0.2) is 4.79 Å². The van der Waals surface area contributed by atoms with Crippen molar-refractivity contribution in [2.24, 2.45) is 0 Å². The second-order valence-corrected chi connectivity index (χ2v) is 1.93. The van der Waals surface area contributed by atoms with Gasteiger partial charge in [-0.15, -0.1) is 0 Å². The summed E-state index contributed by atoms with van der Waals surface area (Å²) in [6.45, 7) is 1.77. The molecule has 0 aliphatic carbocycles. The highest BCUT2D eigenvalue weighted by molar-refractivity contribution is 5.45. The number of amides is 1. The summed E-state index contributed by atoms with van der Waals surface area (Å²) < 4.78 is 9.11. The highest BCUT2D eigenvalue weighted by Crippen LogP contribution is 2.02. The van der Waals surface area contributed by atoms with E-state index in [4.69, 9.17) is 0 Å². The van der Waals surface area contributed by atoms with Crippen LogP contribution in [-0.4, -0.2) is 6.41 Å². The van der Waals surface area contributed by atoms with Crippen molar-refractivity contribution < 1.29 is 13.6 Å². The van der Waals surface area contributed by atoms with E-state index in [9.17, 15) is 9.59 Å². The summed E-state index contributed by atoms with van der Waals surface area (Å²) in [6, 6.07) is 0. The normalized spacial score (nSPS) is 9.55. The fourth-order valence-electron chi connectivity index (χ4n) is 0.670. The lowest BCUT2D eigenvalue weighted by Gasteiger charge is -1.91. The van der Waals surface area contributed by atoms with Crippen molar-refractivity contribution in [3.63, 3.8) is 0 Å². The minimum absolute atomic E-state index is 0.182. The maximum atomic E-state index is 10.4. The summed E-state index contributed by atoms with van der Waals surface area (Å²) in [5, 5.41) is 2.35. The largest absolute Gasteiger partial charge is 0.519 e. The van der Waals surface area contributed by atoms with Crippen molar-refractivity contribution in [1.82, 2.24) is 5.32 Å². The number of hydrogen-bond acceptors (Lipinski definition) is 4. The van der Waals surface area contributed by atoms with E-state index in [2.05, 4.69) is 14.2 Å². The Morgan fingerprint density at radius 2 is 2.27 bits per heavy atom. The zero-order valence-corrected chi connectivity index (χ0v) is 5.92. The van der Waals surface area contributed by atoms with Gasteiger partial charge in [-0.1, -0.05) is 0 Å². The average Bonchev–Trinajstić information content (AvgIpc) is 2.26. The van der Waals surface area contributed by atoms with E-state index in [1.165, 1.54) is 0 Å². The van der Waals surface area contributed by atoms with Gasteiger partial charge in [0.2, 0.25) is 6.41 Å². The van der Waals surface area contributed by atoms with Crippen LogP contribution in [0.15, 0.2) is 13.6 Å². The fourth-order valence-corrected chi connectivity index (χ4v) is 0.670. The Kier molecular flexibility index (Phi) is 2.10. The maximum Gasteiger partial charge on any atom is 0.519 e. The Morgan fingerprint density at radius 3 is 2.73 bits per heavy atom. The first-order valence-corrected chi connectivity index (χ1v) is 3.00. The molecule has 0 saturated carbocycles. The van der Waals surface area contributed by atoms with Gasteiger partial charge >= 0.3 is 5.82 Å². The zero-order valence-electron chi connectivity index (χ0n) is 5.92. The number of nitrogens with one attached hydrogen (secondary N) is 1. The molecule has 0 fully saturated rings. The predicted octanol–water partition coefficient (Wildman–Crippen LogP) is -0.213. The van der Waals surface area contributed by atoms with Crippen LogP contribution in [0.4, 0.5) is 0 Å². The topological polar surface area (TPSA) is 72.5 Å². The number of carbonyl (C=O) groups excluding carboxylic acids is 1. The summed E-state index contributed by atoms with van der Waals surface area (Å²) >= 11 is 0. The molecule has 11 heavy (non-hydrogen) atoms. The molecule has 1 aromatic heterocycles. The van der Waals surface area contributed by atoms with Crippen LogP contribution in [0.5, 0.6) is 0 Å². The first-order chi connectivity index (χ1) is 5.24. The second-order valence-electron chi connectivity index (χ2n) is 1.93. The Morgan fingerprint density at radius 1 is 1.55 bits per heavy atom. The van der Waals surface area contributed by atoms with Gasteiger partial charge in [0.05, 0.1) is 6.54 Å². The van der Waals surface area contributed by atoms with Crippen LogP contribution in [0, 0.1) is 6.92 Å². The smallest absolute Gasteiger partial charge is 0.396 e. The van der Waals surface area contributed by atoms with Gasteiger partial charge in [-0.05, 0) is 6.92 Å². The van der Waals surface area contributed by atoms with E-state index in [1.54, 1.807) is 6.92 Å². The molecule has 0 aliphatic heterocycles. The molecule has 0 bridgehead atoms. The number of aryl methyl sites for hydroxylation is 1. The van der Waals surface area contributed by atoms with Crippen molar-refractivity contribution in [2.75, 3.05) is 0 Å². The average molecular weight is 157 g/mol. The molecule has 0 aromatic carbocycles. The van der Waals surface area contributed by atoms with E-state index < -0.39 is 5.82 Å². The highest BCUT2D eigenvalue weighted by Gasteiger charge is 2.05. The quantitative estimate of drug-likeness (QED) is 0.616. The summed E-state index contributed by atoms with van der Waals surface area (Å²) in [5.41, 5.74) is 0. The number of carbonyl (C=O) groups is 1. The van der Waals surface area contributed by atoms with Gasteiger partial charge in [0, 0.05) is 0 Å². The van der Waals surface area contributed by atoms with Crippen LogP contribution in [0.2, 0.25) is 0 Å². The molecule has 60 valence electrons. The van der Waals surface area contributed by atoms with Crippen molar-refractivity contribution in [3.05, 3.63) is 22.1 Å². The zero-order chi connectivity index (χ0) is 8.27. The summed E-state index contributed by atoms with van der Waals surface area (Å²) in [5.74, 6) is -0.00310. The third kappa shape index (κ3) is 1.70. The maximum absolute atomic E-state index is 10.4. The lowest BCUT2D eigenvalue weighted by atomic mass is 10.4. The van der Waals surface area contributed by atoms with Crippen molar-refractivity contribution >= 4 is 6.41 Å². The molecule has 0 radical (unpaired) electrons. The third-order valence-electron chi connectivity index (χ3n) is 1.18. The van der Waals surface area contributed by atoms with E-state index in [0.29, 0.717) is 17.9 Å². The molecule has 0 aliphatic rings. The molecule has 0 unspecified atom stereocenters. The van der Waals surface area contributed by atoms with Crippen molar-refractivity contribution in [2.45, 2.75) is 13.5 Å². The Balaban J connectivity index is 2.77. The summed E-state index contributed by atoms with van der Waals surface area (Å²) in [4.78, 5) is 20.3. The van der Waals surface area contributed by atoms with Crippen LogP contribution in [0.1, 0.15) is 11.5 Å². The highest BCUT2D eigenvalue weighted by atomic mass is 16.6. The van der Waals surface area contributed by atoms with Crippen LogP contribution in [0.25, 0.3) is 0 Å². The fraction of sp³-hybridized carbons (Fsp3) is 0.333. The van der Waals surface area contributed by atoms with E-state index >= 15 is 0 Å².